The maximum Gasteiger partial charge on any atom is 0.538 e. The standard InChI is InChI=1S/C26H44N2O13P2/c1-4-5-6-7-8-9-10-11-12-13-14-15-24(30)40-43(35,36)41-42(33,34)37-18-22-21(38-20(3)29)16-23(39-22)28-17-19(2)25(31)27-26(28)32/h17,21-23H,4-16,18H2,1-3H3,(H,33,34)(H,35,36)(H,27,31,32)/t21-,22+,23+/m0/s1. The molecule has 2 heterocycles. The molecule has 1 aliphatic rings. The Morgan fingerprint density at radius 1 is 1.00 bits per heavy atom. The molecule has 0 saturated carbocycles. The van der Waals surface area contributed by atoms with Crippen molar-refractivity contribution < 1.29 is 51.3 Å². The van der Waals surface area contributed by atoms with Crippen LogP contribution >= 0.6 is 15.6 Å². The normalized spacial score (nSPS) is 21.2. The number of phosphoric acid groups is 2. The minimum Gasteiger partial charge on any atom is -0.460 e. The largest absolute Gasteiger partial charge is 0.538 e. The van der Waals surface area contributed by atoms with Crippen LogP contribution in [-0.4, -0.2) is 50.1 Å². The van der Waals surface area contributed by atoms with Gasteiger partial charge >= 0.3 is 33.3 Å². The van der Waals surface area contributed by atoms with E-state index >= 15 is 0 Å². The first-order valence-corrected chi connectivity index (χ1v) is 17.6. The first kappa shape index (κ1) is 37.1. The average molecular weight is 655 g/mol. The highest BCUT2D eigenvalue weighted by Gasteiger charge is 2.43. The average Bonchev–Trinajstić information content (AvgIpc) is 3.28. The molecular formula is C26H44N2O13P2. The van der Waals surface area contributed by atoms with E-state index in [1.165, 1.54) is 51.6 Å². The van der Waals surface area contributed by atoms with Crippen LogP contribution in [0.5, 0.6) is 0 Å². The van der Waals surface area contributed by atoms with Gasteiger partial charge in [-0.2, -0.15) is 4.31 Å². The molecule has 0 spiro atoms. The fraction of sp³-hybridized carbons (Fsp3) is 0.769. The summed E-state index contributed by atoms with van der Waals surface area (Å²) in [5.74, 6) is -1.78. The van der Waals surface area contributed by atoms with Crippen molar-refractivity contribution in [3.8, 4) is 0 Å². The molecule has 17 heteroatoms. The smallest absolute Gasteiger partial charge is 0.460 e. The first-order chi connectivity index (χ1) is 20.2. The molecule has 2 unspecified atom stereocenters. The van der Waals surface area contributed by atoms with Crippen LogP contribution in [-0.2, 0) is 41.6 Å². The van der Waals surface area contributed by atoms with Gasteiger partial charge in [0.05, 0.1) is 6.61 Å². The fourth-order valence-corrected chi connectivity index (χ4v) is 6.65. The molecule has 0 bridgehead atoms. The molecule has 0 aromatic carbocycles. The van der Waals surface area contributed by atoms with Gasteiger partial charge in [0.1, 0.15) is 18.4 Å². The minimum atomic E-state index is -5.32. The summed E-state index contributed by atoms with van der Waals surface area (Å²) in [5.41, 5.74) is -1.19. The number of aromatic nitrogens is 2. The van der Waals surface area contributed by atoms with E-state index in [9.17, 15) is 38.1 Å². The topological polar surface area (TPSA) is 210 Å². The molecule has 1 aromatic rings. The van der Waals surface area contributed by atoms with Crippen molar-refractivity contribution in [3.05, 3.63) is 32.6 Å². The second kappa shape index (κ2) is 18.0. The third-order valence-electron chi connectivity index (χ3n) is 6.76. The summed E-state index contributed by atoms with van der Waals surface area (Å²) in [6.07, 6.45) is 9.27. The van der Waals surface area contributed by atoms with Crippen LogP contribution in [0.15, 0.2) is 15.8 Å². The van der Waals surface area contributed by atoms with Crippen molar-refractivity contribution in [3.63, 3.8) is 0 Å². The number of hydrogen-bond donors (Lipinski definition) is 3. The number of unbranched alkanes of at least 4 members (excludes halogenated alkanes) is 10. The lowest BCUT2D eigenvalue weighted by atomic mass is 10.1. The lowest BCUT2D eigenvalue weighted by molar-refractivity contribution is -0.150. The van der Waals surface area contributed by atoms with Gasteiger partial charge < -0.3 is 18.9 Å². The van der Waals surface area contributed by atoms with Gasteiger partial charge in [-0.25, -0.2) is 13.9 Å². The van der Waals surface area contributed by atoms with Gasteiger partial charge in [0.15, 0.2) is 0 Å². The number of nitrogens with one attached hydrogen (secondary N) is 1. The molecule has 246 valence electrons. The zero-order valence-corrected chi connectivity index (χ0v) is 26.7. The van der Waals surface area contributed by atoms with E-state index in [1.54, 1.807) is 0 Å². The number of esters is 1. The van der Waals surface area contributed by atoms with Crippen molar-refractivity contribution >= 4 is 27.6 Å². The van der Waals surface area contributed by atoms with E-state index in [1.807, 2.05) is 0 Å². The maximum absolute atomic E-state index is 12.4. The Labute approximate surface area is 250 Å². The lowest BCUT2D eigenvalue weighted by Crippen LogP contribution is -2.33. The van der Waals surface area contributed by atoms with Crippen LogP contribution < -0.4 is 11.2 Å². The second-order valence-corrected chi connectivity index (χ2v) is 13.5. The molecular weight excluding hydrogens is 610 g/mol. The maximum atomic E-state index is 12.4. The molecule has 5 atom stereocenters. The Morgan fingerprint density at radius 3 is 2.16 bits per heavy atom. The summed E-state index contributed by atoms with van der Waals surface area (Å²) in [5, 5.41) is 0. The Morgan fingerprint density at radius 2 is 1.58 bits per heavy atom. The molecule has 3 N–H and O–H groups in total. The van der Waals surface area contributed by atoms with E-state index in [2.05, 4.69) is 20.7 Å². The molecule has 0 radical (unpaired) electrons. The van der Waals surface area contributed by atoms with Crippen molar-refractivity contribution in [1.29, 1.82) is 0 Å². The summed E-state index contributed by atoms with van der Waals surface area (Å²) in [6, 6.07) is 0. The minimum absolute atomic E-state index is 0.0786. The summed E-state index contributed by atoms with van der Waals surface area (Å²) >= 11 is 0. The van der Waals surface area contributed by atoms with Gasteiger partial charge in [0, 0.05) is 31.5 Å². The fourth-order valence-electron chi connectivity index (χ4n) is 4.60. The Balaban J connectivity index is 1.79. The monoisotopic (exact) mass is 654 g/mol. The van der Waals surface area contributed by atoms with Crippen LogP contribution in [0.4, 0.5) is 0 Å². The van der Waals surface area contributed by atoms with Gasteiger partial charge in [0.25, 0.3) is 5.56 Å². The molecule has 15 nitrogen and oxygen atoms in total. The number of carbonyl (C=O) groups is 2. The number of carbonyl (C=O) groups excluding carboxylic acids is 2. The molecule has 1 aliphatic heterocycles. The number of phosphoric ester groups is 2. The molecule has 2 rings (SSSR count). The zero-order chi connectivity index (χ0) is 32.0. The Hall–Kier alpha value is -2.12. The third-order valence-corrected chi connectivity index (χ3v) is 9.32. The molecule has 43 heavy (non-hydrogen) atoms. The van der Waals surface area contributed by atoms with Crippen molar-refractivity contribution in [2.75, 3.05) is 6.61 Å². The number of rotatable bonds is 20. The number of nitrogens with zero attached hydrogens (tertiary/aromatic N) is 1. The molecule has 1 fully saturated rings. The van der Waals surface area contributed by atoms with Crippen LogP contribution in [0.25, 0.3) is 0 Å². The zero-order valence-electron chi connectivity index (χ0n) is 24.9. The van der Waals surface area contributed by atoms with Gasteiger partial charge in [0.2, 0.25) is 0 Å². The summed E-state index contributed by atoms with van der Waals surface area (Å²) in [4.78, 5) is 69.4. The van der Waals surface area contributed by atoms with Gasteiger partial charge in [-0.1, -0.05) is 71.1 Å². The number of H-pyrrole nitrogens is 1. The SMILES string of the molecule is CCCCCCCCCCCCCC(=O)OP(=O)(O)OP(=O)(O)OC[C@H]1O[C@@H](n2cc(C)c(=O)[nH]c2=O)C[C@@H]1OC(C)=O. The van der Waals surface area contributed by atoms with E-state index in [0.29, 0.717) is 6.42 Å². The van der Waals surface area contributed by atoms with E-state index in [0.717, 1.165) is 37.2 Å². The Bertz CT molecular complexity index is 1260. The molecule has 1 saturated heterocycles. The van der Waals surface area contributed by atoms with Gasteiger partial charge in [-0.3, -0.25) is 33.4 Å². The number of aryl methyl sites for hydroxylation is 1. The van der Waals surface area contributed by atoms with Crippen LogP contribution in [0.1, 0.15) is 109 Å². The highest BCUT2D eigenvalue weighted by atomic mass is 31.3. The van der Waals surface area contributed by atoms with Gasteiger partial charge in [-0.15, -0.1) is 0 Å². The Kier molecular flexibility index (Phi) is 15.5. The number of hydrogen-bond acceptors (Lipinski definition) is 11. The van der Waals surface area contributed by atoms with Gasteiger partial charge in [-0.05, 0) is 13.3 Å². The molecule has 1 aromatic heterocycles. The van der Waals surface area contributed by atoms with Crippen molar-refractivity contribution in [2.24, 2.45) is 0 Å². The van der Waals surface area contributed by atoms with E-state index in [4.69, 9.17) is 14.0 Å². The molecule has 0 aliphatic carbocycles. The summed E-state index contributed by atoms with van der Waals surface area (Å²) in [7, 11) is -10.6. The predicted octanol–water partition coefficient (Wildman–Crippen LogP) is 4.54. The van der Waals surface area contributed by atoms with Crippen LogP contribution in [0, 0.1) is 6.92 Å². The summed E-state index contributed by atoms with van der Waals surface area (Å²) < 4.78 is 49.9. The first-order valence-electron chi connectivity index (χ1n) is 14.6. The van der Waals surface area contributed by atoms with Crippen molar-refractivity contribution in [1.82, 2.24) is 9.55 Å². The lowest BCUT2D eigenvalue weighted by Gasteiger charge is -2.20. The van der Waals surface area contributed by atoms with Crippen molar-refractivity contribution in [2.45, 2.75) is 123 Å². The highest BCUT2D eigenvalue weighted by molar-refractivity contribution is 7.61. The molecule has 0 amide bonds. The van der Waals surface area contributed by atoms with Crippen LogP contribution in [0.3, 0.4) is 0 Å². The quantitative estimate of drug-likeness (QED) is 0.100. The van der Waals surface area contributed by atoms with E-state index < -0.39 is 63.9 Å². The van der Waals surface area contributed by atoms with E-state index in [-0.39, 0.29) is 18.4 Å². The predicted molar refractivity (Wildman–Crippen MR) is 154 cm³/mol. The third kappa shape index (κ3) is 14.0. The highest BCUT2D eigenvalue weighted by Crippen LogP contribution is 2.60. The summed E-state index contributed by atoms with van der Waals surface area (Å²) in [6.45, 7) is 3.99. The number of aromatic amines is 1. The number of ether oxygens (including phenoxy) is 2. The second-order valence-electron chi connectivity index (χ2n) is 10.6. The van der Waals surface area contributed by atoms with Crippen LogP contribution in [0.2, 0.25) is 0 Å².